The molecule has 0 fully saturated rings. The Morgan fingerprint density at radius 1 is 1.03 bits per heavy atom. The number of amides is 2. The van der Waals surface area contributed by atoms with E-state index >= 15 is 0 Å². The number of nitrogens with one attached hydrogen (secondary N) is 2. The van der Waals surface area contributed by atoms with Crippen molar-refractivity contribution in [3.05, 3.63) is 83.9 Å². The van der Waals surface area contributed by atoms with Crippen molar-refractivity contribution in [1.29, 1.82) is 0 Å². The highest BCUT2D eigenvalue weighted by Crippen LogP contribution is 2.31. The first-order valence-electron chi connectivity index (χ1n) is 10.8. The summed E-state index contributed by atoms with van der Waals surface area (Å²) in [5.74, 6) is -0.205. The summed E-state index contributed by atoms with van der Waals surface area (Å²) < 4.78 is 6.15. The van der Waals surface area contributed by atoms with Crippen LogP contribution in [0.1, 0.15) is 30.5 Å². The molecule has 0 saturated heterocycles. The second-order valence-corrected chi connectivity index (χ2v) is 8.68. The average Bonchev–Trinajstić information content (AvgIpc) is 3.23. The fourth-order valence-corrected chi connectivity index (χ4v) is 4.57. The van der Waals surface area contributed by atoms with Gasteiger partial charge >= 0.3 is 6.09 Å². The predicted octanol–water partition coefficient (Wildman–Crippen LogP) is 6.09. The molecule has 3 aromatic carbocycles. The first-order chi connectivity index (χ1) is 16.0. The molecule has 2 amide bonds. The van der Waals surface area contributed by atoms with Gasteiger partial charge in [0.15, 0.2) is 0 Å². The molecule has 0 aliphatic rings. The third-order valence-electron chi connectivity index (χ3n) is 5.12. The summed E-state index contributed by atoms with van der Waals surface area (Å²) in [5, 5.41) is 6.62. The van der Waals surface area contributed by atoms with Gasteiger partial charge in [-0.2, -0.15) is 0 Å². The number of thiazole rings is 1. The van der Waals surface area contributed by atoms with E-state index in [1.54, 1.807) is 18.3 Å². The highest BCUT2D eigenvalue weighted by Gasteiger charge is 2.19. The standard InChI is InChI=1S/C26H25N3O3S/c1-3-32-26(31)29-22(18-7-5-4-6-8-18)16-24(30)27-20-12-10-19(11-13-20)25-28-21-14-9-17(2)15-23(21)33-25/h4-15,22H,3,16H2,1-2H3,(H,27,30)(H,29,31)/t22-/m0/s1. The molecule has 0 aliphatic heterocycles. The molecule has 168 valence electrons. The normalized spacial score (nSPS) is 11.7. The lowest BCUT2D eigenvalue weighted by molar-refractivity contribution is -0.116. The predicted molar refractivity (Wildman–Crippen MR) is 132 cm³/mol. The Kier molecular flexibility index (Phi) is 7.00. The molecule has 6 nitrogen and oxygen atoms in total. The number of hydrogen-bond donors (Lipinski definition) is 2. The maximum Gasteiger partial charge on any atom is 0.407 e. The molecule has 0 bridgehead atoms. The first kappa shape index (κ1) is 22.5. The lowest BCUT2D eigenvalue weighted by atomic mass is 10.0. The second kappa shape index (κ2) is 10.3. The number of ether oxygens (including phenoxy) is 1. The third kappa shape index (κ3) is 5.75. The number of fused-ring (bicyclic) bond motifs is 1. The van der Waals surface area contributed by atoms with E-state index in [4.69, 9.17) is 9.72 Å². The van der Waals surface area contributed by atoms with E-state index in [1.807, 2.05) is 60.7 Å². The Hall–Kier alpha value is -3.71. The molecule has 0 unspecified atom stereocenters. The Balaban J connectivity index is 1.43. The minimum atomic E-state index is -0.547. The lowest BCUT2D eigenvalue weighted by Crippen LogP contribution is -2.32. The topological polar surface area (TPSA) is 80.3 Å². The second-order valence-electron chi connectivity index (χ2n) is 7.65. The van der Waals surface area contributed by atoms with Crippen molar-refractivity contribution < 1.29 is 14.3 Å². The number of benzene rings is 3. The molecule has 4 rings (SSSR count). The van der Waals surface area contributed by atoms with E-state index in [9.17, 15) is 9.59 Å². The van der Waals surface area contributed by atoms with Crippen LogP contribution in [-0.2, 0) is 9.53 Å². The van der Waals surface area contributed by atoms with Crippen molar-refractivity contribution in [1.82, 2.24) is 10.3 Å². The van der Waals surface area contributed by atoms with Crippen LogP contribution in [0.5, 0.6) is 0 Å². The number of carbonyl (C=O) groups is 2. The lowest BCUT2D eigenvalue weighted by Gasteiger charge is -2.18. The minimum Gasteiger partial charge on any atom is -0.450 e. The van der Waals surface area contributed by atoms with E-state index < -0.39 is 12.1 Å². The number of alkyl carbamates (subject to hydrolysis) is 1. The Bertz CT molecular complexity index is 1250. The third-order valence-corrected chi connectivity index (χ3v) is 6.19. The molecule has 33 heavy (non-hydrogen) atoms. The van der Waals surface area contributed by atoms with Gasteiger partial charge in [-0.1, -0.05) is 36.4 Å². The number of aromatic nitrogens is 1. The van der Waals surface area contributed by atoms with Crippen LogP contribution < -0.4 is 10.6 Å². The Labute approximate surface area is 196 Å². The van der Waals surface area contributed by atoms with E-state index in [1.165, 1.54) is 5.56 Å². The monoisotopic (exact) mass is 459 g/mol. The van der Waals surface area contributed by atoms with Crippen molar-refractivity contribution in [2.24, 2.45) is 0 Å². The van der Waals surface area contributed by atoms with Gasteiger partial charge in [0, 0.05) is 11.3 Å². The molecule has 1 atom stereocenters. The number of rotatable bonds is 7. The maximum absolute atomic E-state index is 12.7. The van der Waals surface area contributed by atoms with Crippen LogP contribution in [0.25, 0.3) is 20.8 Å². The van der Waals surface area contributed by atoms with Crippen LogP contribution in [0.15, 0.2) is 72.8 Å². The van der Waals surface area contributed by atoms with Crippen LogP contribution in [0.2, 0.25) is 0 Å². The number of carbonyl (C=O) groups excluding carboxylic acids is 2. The summed E-state index contributed by atoms with van der Waals surface area (Å²) in [6.07, 6.45) is -0.462. The van der Waals surface area contributed by atoms with Gasteiger partial charge in [0.05, 0.1) is 29.3 Å². The molecule has 1 aromatic heterocycles. The van der Waals surface area contributed by atoms with Gasteiger partial charge in [-0.3, -0.25) is 4.79 Å². The summed E-state index contributed by atoms with van der Waals surface area (Å²) in [6, 6.07) is 22.7. The summed E-state index contributed by atoms with van der Waals surface area (Å²) in [5.41, 5.74) is 4.71. The van der Waals surface area contributed by atoms with Crippen LogP contribution in [0.3, 0.4) is 0 Å². The van der Waals surface area contributed by atoms with Gasteiger partial charge in [0.1, 0.15) is 5.01 Å². The molecule has 2 N–H and O–H groups in total. The van der Waals surface area contributed by atoms with Crippen LogP contribution >= 0.6 is 11.3 Å². The molecule has 0 radical (unpaired) electrons. The van der Waals surface area contributed by atoms with E-state index in [0.717, 1.165) is 26.4 Å². The molecular weight excluding hydrogens is 434 g/mol. The average molecular weight is 460 g/mol. The number of anilines is 1. The zero-order valence-electron chi connectivity index (χ0n) is 18.5. The summed E-state index contributed by atoms with van der Waals surface area (Å²) in [7, 11) is 0. The number of aryl methyl sites for hydroxylation is 1. The molecular formula is C26H25N3O3S. The van der Waals surface area contributed by atoms with Crippen LogP contribution in [0.4, 0.5) is 10.5 Å². The maximum atomic E-state index is 12.7. The van der Waals surface area contributed by atoms with Gasteiger partial charge in [0.25, 0.3) is 0 Å². The van der Waals surface area contributed by atoms with Gasteiger partial charge in [0.2, 0.25) is 5.91 Å². The van der Waals surface area contributed by atoms with E-state index in [2.05, 4.69) is 29.7 Å². The summed E-state index contributed by atoms with van der Waals surface area (Å²) in [4.78, 5) is 29.4. The zero-order valence-corrected chi connectivity index (χ0v) is 19.3. The van der Waals surface area contributed by atoms with E-state index in [-0.39, 0.29) is 18.9 Å². The Morgan fingerprint density at radius 2 is 1.79 bits per heavy atom. The van der Waals surface area contributed by atoms with Gasteiger partial charge in [-0.25, -0.2) is 9.78 Å². The van der Waals surface area contributed by atoms with Gasteiger partial charge in [-0.05, 0) is 61.4 Å². The van der Waals surface area contributed by atoms with Gasteiger partial charge in [-0.15, -0.1) is 11.3 Å². The smallest absolute Gasteiger partial charge is 0.407 e. The highest BCUT2D eigenvalue weighted by atomic mass is 32.1. The first-order valence-corrected chi connectivity index (χ1v) is 11.6. The van der Waals surface area contributed by atoms with E-state index in [0.29, 0.717) is 5.69 Å². The fourth-order valence-electron chi connectivity index (χ4n) is 3.50. The SMILES string of the molecule is CCOC(=O)N[C@@H](CC(=O)Nc1ccc(-c2nc3ccc(C)cc3s2)cc1)c1ccccc1. The highest BCUT2D eigenvalue weighted by molar-refractivity contribution is 7.21. The van der Waals surface area contributed by atoms with Crippen LogP contribution in [0, 0.1) is 6.92 Å². The summed E-state index contributed by atoms with van der Waals surface area (Å²) >= 11 is 1.65. The van der Waals surface area contributed by atoms with Gasteiger partial charge < -0.3 is 15.4 Å². The molecule has 1 heterocycles. The quantitative estimate of drug-likeness (QED) is 0.351. The van der Waals surface area contributed by atoms with Crippen molar-refractivity contribution in [2.75, 3.05) is 11.9 Å². The van der Waals surface area contributed by atoms with Crippen molar-refractivity contribution >= 4 is 39.2 Å². The zero-order chi connectivity index (χ0) is 23.2. The molecule has 4 aromatic rings. The summed E-state index contributed by atoms with van der Waals surface area (Å²) in [6.45, 7) is 4.07. The number of hydrogen-bond acceptors (Lipinski definition) is 5. The Morgan fingerprint density at radius 3 is 2.52 bits per heavy atom. The largest absolute Gasteiger partial charge is 0.450 e. The fraction of sp³-hybridized carbons (Fsp3) is 0.192. The van der Waals surface area contributed by atoms with Crippen LogP contribution in [-0.4, -0.2) is 23.6 Å². The van der Waals surface area contributed by atoms with Crippen molar-refractivity contribution in [3.8, 4) is 10.6 Å². The molecule has 7 heteroatoms. The molecule has 0 saturated carbocycles. The van der Waals surface area contributed by atoms with Crippen molar-refractivity contribution in [3.63, 3.8) is 0 Å². The minimum absolute atomic E-state index is 0.0851. The molecule has 0 spiro atoms. The number of nitrogens with zero attached hydrogens (tertiary/aromatic N) is 1. The van der Waals surface area contributed by atoms with Crippen molar-refractivity contribution in [2.45, 2.75) is 26.3 Å². The molecule has 0 aliphatic carbocycles.